The topological polar surface area (TPSA) is 67.8 Å². The van der Waals surface area contributed by atoms with E-state index in [0.717, 1.165) is 4.47 Å². The fourth-order valence-electron chi connectivity index (χ4n) is 1.13. The second-order valence-corrected chi connectivity index (χ2v) is 4.31. The standard InChI is InChI=1S/C10H6BrClN4O/c11-7-3-6(4-13-5-7)9(17)15-8-1-2-14-10(12)16-8/h1-5H,(H,14,15,16,17). The summed E-state index contributed by atoms with van der Waals surface area (Å²) < 4.78 is 0.728. The summed E-state index contributed by atoms with van der Waals surface area (Å²) in [5.41, 5.74) is 0.425. The normalized spacial score (nSPS) is 10.0. The van der Waals surface area contributed by atoms with Gasteiger partial charge in [-0.1, -0.05) is 0 Å². The minimum Gasteiger partial charge on any atom is -0.306 e. The number of aromatic nitrogens is 3. The Bertz CT molecular complexity index is 564. The van der Waals surface area contributed by atoms with Crippen LogP contribution in [0.5, 0.6) is 0 Å². The number of rotatable bonds is 2. The van der Waals surface area contributed by atoms with Gasteiger partial charge in [0, 0.05) is 23.1 Å². The highest BCUT2D eigenvalue weighted by atomic mass is 79.9. The maximum atomic E-state index is 11.8. The summed E-state index contributed by atoms with van der Waals surface area (Å²) in [6.07, 6.45) is 4.52. The Labute approximate surface area is 110 Å². The molecule has 2 rings (SSSR count). The Morgan fingerprint density at radius 2 is 2.24 bits per heavy atom. The van der Waals surface area contributed by atoms with Gasteiger partial charge in [0.05, 0.1) is 5.56 Å². The molecule has 86 valence electrons. The highest BCUT2D eigenvalue weighted by molar-refractivity contribution is 9.10. The molecule has 0 radical (unpaired) electrons. The molecule has 0 saturated carbocycles. The Hall–Kier alpha value is -1.53. The van der Waals surface area contributed by atoms with Crippen molar-refractivity contribution in [1.29, 1.82) is 0 Å². The molecule has 7 heteroatoms. The van der Waals surface area contributed by atoms with E-state index in [9.17, 15) is 4.79 Å². The first-order valence-electron chi connectivity index (χ1n) is 4.55. The number of hydrogen-bond acceptors (Lipinski definition) is 4. The van der Waals surface area contributed by atoms with Gasteiger partial charge in [0.1, 0.15) is 5.82 Å². The average Bonchev–Trinajstić information content (AvgIpc) is 2.29. The van der Waals surface area contributed by atoms with Gasteiger partial charge >= 0.3 is 0 Å². The van der Waals surface area contributed by atoms with Crippen LogP contribution in [0.4, 0.5) is 5.82 Å². The van der Waals surface area contributed by atoms with E-state index in [1.165, 1.54) is 12.4 Å². The Balaban J connectivity index is 2.17. The van der Waals surface area contributed by atoms with Gasteiger partial charge in [-0.2, -0.15) is 0 Å². The van der Waals surface area contributed by atoms with E-state index < -0.39 is 0 Å². The molecule has 0 spiro atoms. The van der Waals surface area contributed by atoms with E-state index >= 15 is 0 Å². The smallest absolute Gasteiger partial charge is 0.258 e. The number of amides is 1. The molecule has 17 heavy (non-hydrogen) atoms. The number of nitrogens with zero attached hydrogens (tertiary/aromatic N) is 3. The second-order valence-electron chi connectivity index (χ2n) is 3.06. The van der Waals surface area contributed by atoms with Crippen LogP contribution < -0.4 is 5.32 Å². The van der Waals surface area contributed by atoms with Crippen molar-refractivity contribution in [1.82, 2.24) is 15.0 Å². The van der Waals surface area contributed by atoms with Crippen molar-refractivity contribution in [3.05, 3.63) is 46.0 Å². The number of nitrogens with one attached hydrogen (secondary N) is 1. The first-order valence-corrected chi connectivity index (χ1v) is 5.73. The van der Waals surface area contributed by atoms with E-state index in [1.54, 1.807) is 18.3 Å². The zero-order valence-corrected chi connectivity index (χ0v) is 10.7. The molecule has 2 heterocycles. The van der Waals surface area contributed by atoms with Gasteiger partial charge in [-0.15, -0.1) is 0 Å². The molecular weight excluding hydrogens is 307 g/mol. The number of anilines is 1. The Morgan fingerprint density at radius 1 is 1.41 bits per heavy atom. The minimum atomic E-state index is -0.312. The monoisotopic (exact) mass is 312 g/mol. The van der Waals surface area contributed by atoms with Crippen LogP contribution in [0.3, 0.4) is 0 Å². The van der Waals surface area contributed by atoms with Crippen LogP contribution in [0, 0.1) is 0 Å². The fourth-order valence-corrected chi connectivity index (χ4v) is 1.64. The van der Waals surface area contributed by atoms with Crippen LogP contribution in [0.2, 0.25) is 5.28 Å². The minimum absolute atomic E-state index is 0.0789. The average molecular weight is 314 g/mol. The number of halogens is 2. The molecule has 0 atom stereocenters. The predicted octanol–water partition coefficient (Wildman–Crippen LogP) is 2.54. The lowest BCUT2D eigenvalue weighted by Gasteiger charge is -2.03. The highest BCUT2D eigenvalue weighted by Crippen LogP contribution is 2.12. The van der Waals surface area contributed by atoms with Crippen molar-refractivity contribution in [2.45, 2.75) is 0 Å². The van der Waals surface area contributed by atoms with Gasteiger partial charge in [-0.3, -0.25) is 9.78 Å². The molecule has 2 aromatic rings. The van der Waals surface area contributed by atoms with Gasteiger partial charge in [-0.05, 0) is 39.7 Å². The summed E-state index contributed by atoms with van der Waals surface area (Å²) in [5, 5.41) is 2.67. The predicted molar refractivity (Wildman–Crippen MR) is 66.9 cm³/mol. The number of pyridine rings is 1. The fraction of sp³-hybridized carbons (Fsp3) is 0. The van der Waals surface area contributed by atoms with Gasteiger partial charge in [0.2, 0.25) is 5.28 Å². The summed E-state index contributed by atoms with van der Waals surface area (Å²) >= 11 is 8.84. The Morgan fingerprint density at radius 3 is 2.94 bits per heavy atom. The van der Waals surface area contributed by atoms with Gasteiger partial charge in [0.25, 0.3) is 5.91 Å². The third-order valence-electron chi connectivity index (χ3n) is 1.83. The largest absolute Gasteiger partial charge is 0.306 e. The van der Waals surface area contributed by atoms with E-state index in [1.807, 2.05) is 0 Å². The zero-order chi connectivity index (χ0) is 12.3. The van der Waals surface area contributed by atoms with E-state index in [4.69, 9.17) is 11.6 Å². The molecule has 0 aliphatic rings. The molecule has 0 aliphatic heterocycles. The van der Waals surface area contributed by atoms with Crippen LogP contribution in [0.15, 0.2) is 35.2 Å². The molecule has 1 N–H and O–H groups in total. The van der Waals surface area contributed by atoms with Crippen LogP contribution in [0.1, 0.15) is 10.4 Å². The molecule has 0 bridgehead atoms. The van der Waals surface area contributed by atoms with Crippen molar-refractivity contribution in [3.63, 3.8) is 0 Å². The quantitative estimate of drug-likeness (QED) is 0.865. The lowest BCUT2D eigenvalue weighted by molar-refractivity contribution is 0.102. The summed E-state index contributed by atoms with van der Waals surface area (Å²) in [5.74, 6) is 0.0311. The first kappa shape index (κ1) is 11.9. The third-order valence-corrected chi connectivity index (χ3v) is 2.45. The number of carbonyl (C=O) groups is 1. The summed E-state index contributed by atoms with van der Waals surface area (Å²) in [7, 11) is 0. The van der Waals surface area contributed by atoms with E-state index in [2.05, 4.69) is 36.2 Å². The second kappa shape index (κ2) is 5.20. The summed E-state index contributed by atoms with van der Waals surface area (Å²) in [6.45, 7) is 0. The van der Waals surface area contributed by atoms with Gasteiger partial charge in [0.15, 0.2) is 0 Å². The lowest BCUT2D eigenvalue weighted by atomic mass is 10.3. The van der Waals surface area contributed by atoms with Crippen LogP contribution >= 0.6 is 27.5 Å². The summed E-state index contributed by atoms with van der Waals surface area (Å²) in [4.78, 5) is 23.3. The maximum absolute atomic E-state index is 11.8. The molecule has 0 unspecified atom stereocenters. The first-order chi connectivity index (χ1) is 8.15. The molecule has 5 nitrogen and oxygen atoms in total. The van der Waals surface area contributed by atoms with E-state index in [0.29, 0.717) is 11.4 Å². The SMILES string of the molecule is O=C(Nc1ccnc(Cl)n1)c1cncc(Br)c1. The van der Waals surface area contributed by atoms with Crippen molar-refractivity contribution in [3.8, 4) is 0 Å². The highest BCUT2D eigenvalue weighted by Gasteiger charge is 2.08. The maximum Gasteiger partial charge on any atom is 0.258 e. The van der Waals surface area contributed by atoms with Crippen molar-refractivity contribution in [2.24, 2.45) is 0 Å². The number of carbonyl (C=O) groups excluding carboxylic acids is 1. The third kappa shape index (κ3) is 3.21. The van der Waals surface area contributed by atoms with Crippen molar-refractivity contribution < 1.29 is 4.79 Å². The van der Waals surface area contributed by atoms with Gasteiger partial charge < -0.3 is 5.32 Å². The Kier molecular flexibility index (Phi) is 3.65. The molecular formula is C10H6BrClN4O. The molecule has 0 saturated heterocycles. The molecule has 2 aromatic heterocycles. The van der Waals surface area contributed by atoms with Crippen molar-refractivity contribution >= 4 is 39.3 Å². The van der Waals surface area contributed by atoms with Crippen LogP contribution in [-0.4, -0.2) is 20.9 Å². The van der Waals surface area contributed by atoms with Crippen LogP contribution in [-0.2, 0) is 0 Å². The van der Waals surface area contributed by atoms with E-state index in [-0.39, 0.29) is 11.2 Å². The zero-order valence-electron chi connectivity index (χ0n) is 8.39. The lowest BCUT2D eigenvalue weighted by Crippen LogP contribution is -2.13. The molecule has 0 aliphatic carbocycles. The summed E-state index contributed by atoms with van der Waals surface area (Å²) in [6, 6.07) is 3.21. The molecule has 0 aromatic carbocycles. The molecule has 0 fully saturated rings. The van der Waals surface area contributed by atoms with Crippen LogP contribution in [0.25, 0.3) is 0 Å². The molecule has 1 amide bonds. The van der Waals surface area contributed by atoms with Crippen molar-refractivity contribution in [2.75, 3.05) is 5.32 Å². The van der Waals surface area contributed by atoms with Gasteiger partial charge in [-0.25, -0.2) is 9.97 Å². The number of hydrogen-bond donors (Lipinski definition) is 1.